The highest BCUT2D eigenvalue weighted by atomic mass is 32.2. The maximum absolute atomic E-state index is 12.3. The average Bonchev–Trinajstić information content (AvgIpc) is 3.61. The minimum Gasteiger partial charge on any atom is -0.744 e. The number of ether oxygens (including phenoxy) is 6. The fourth-order valence-corrected chi connectivity index (χ4v) is 8.96. The first-order chi connectivity index (χ1) is 31.0. The molecule has 2 aromatic carbocycles. The van der Waals surface area contributed by atoms with Gasteiger partial charge in [-0.25, -0.2) is 8.42 Å². The van der Waals surface area contributed by atoms with E-state index in [1.807, 2.05) is 70.2 Å². The molecule has 0 aliphatic carbocycles. The smallest absolute Gasteiger partial charge is 0.303 e. The molecule has 2 aromatic rings. The third kappa shape index (κ3) is 15.5. The van der Waals surface area contributed by atoms with Crippen molar-refractivity contribution in [3.8, 4) is 0 Å². The summed E-state index contributed by atoms with van der Waals surface area (Å²) in [7, 11) is -7.49. The average molecular weight is 947 g/mol. The van der Waals surface area contributed by atoms with Gasteiger partial charge >= 0.3 is 5.97 Å². The highest BCUT2D eigenvalue weighted by Crippen LogP contribution is 2.51. The van der Waals surface area contributed by atoms with E-state index in [-0.39, 0.29) is 16.2 Å². The summed E-state index contributed by atoms with van der Waals surface area (Å²) in [5.41, 5.74) is 3.65. The lowest BCUT2D eigenvalue weighted by Crippen LogP contribution is -2.30. The molecule has 0 saturated carbocycles. The van der Waals surface area contributed by atoms with Crippen LogP contribution < -0.4 is 4.90 Å². The topological polar surface area (TPSA) is 210 Å². The van der Waals surface area contributed by atoms with Gasteiger partial charge in [-0.05, 0) is 88.9 Å². The molecule has 0 amide bonds. The van der Waals surface area contributed by atoms with Crippen molar-refractivity contribution in [2.24, 2.45) is 0 Å². The zero-order valence-electron chi connectivity index (χ0n) is 38.2. The first-order valence-corrected chi connectivity index (χ1v) is 24.8. The second-order valence-electron chi connectivity index (χ2n) is 16.2. The van der Waals surface area contributed by atoms with Crippen molar-refractivity contribution in [1.29, 1.82) is 0 Å². The molecule has 16 nitrogen and oxygen atoms in total. The minimum atomic E-state index is -4.61. The van der Waals surface area contributed by atoms with Crippen molar-refractivity contribution in [1.82, 2.24) is 0 Å². The number of methoxy groups -OCH3 is 1. The zero-order chi connectivity index (χ0) is 47.5. The van der Waals surface area contributed by atoms with Crippen LogP contribution in [0.4, 0.5) is 11.4 Å². The van der Waals surface area contributed by atoms with Gasteiger partial charge in [0, 0.05) is 61.2 Å². The summed E-state index contributed by atoms with van der Waals surface area (Å²) >= 11 is 0. The number of unbranched alkanes of at least 4 members (excludes halogenated alkanes) is 2. The van der Waals surface area contributed by atoms with Crippen LogP contribution >= 0.6 is 0 Å². The summed E-state index contributed by atoms with van der Waals surface area (Å²) in [6.45, 7) is 13.9. The number of hydrogen-bond donors (Lipinski definition) is 2. The Kier molecular flexibility index (Phi) is 21.2. The van der Waals surface area contributed by atoms with Crippen molar-refractivity contribution >= 4 is 43.3 Å². The van der Waals surface area contributed by atoms with E-state index >= 15 is 0 Å². The van der Waals surface area contributed by atoms with Gasteiger partial charge in [0.15, 0.2) is 5.71 Å². The van der Waals surface area contributed by atoms with Crippen LogP contribution in [0.2, 0.25) is 0 Å². The number of rotatable bonds is 31. The second kappa shape index (κ2) is 25.7. The molecule has 0 radical (unpaired) electrons. The molecular formula is C47H66N2O14S2. The molecule has 360 valence electrons. The van der Waals surface area contributed by atoms with Gasteiger partial charge in [-0.15, -0.1) is 0 Å². The molecule has 1 atom stereocenters. The van der Waals surface area contributed by atoms with Gasteiger partial charge in [-0.1, -0.05) is 36.8 Å². The van der Waals surface area contributed by atoms with Crippen molar-refractivity contribution in [3.05, 3.63) is 95.8 Å². The van der Waals surface area contributed by atoms with E-state index in [9.17, 15) is 35.8 Å². The Labute approximate surface area is 384 Å². The van der Waals surface area contributed by atoms with Gasteiger partial charge in [0.2, 0.25) is 5.69 Å². The van der Waals surface area contributed by atoms with E-state index in [1.54, 1.807) is 19.2 Å². The fourth-order valence-electron chi connectivity index (χ4n) is 7.96. The molecule has 0 aromatic heterocycles. The number of aliphatic carboxylic acids is 1. The summed E-state index contributed by atoms with van der Waals surface area (Å²) in [6, 6.07) is 9.10. The van der Waals surface area contributed by atoms with Crippen LogP contribution in [0.3, 0.4) is 0 Å². The Morgan fingerprint density at radius 1 is 0.738 bits per heavy atom. The summed E-state index contributed by atoms with van der Waals surface area (Å²) in [5.74, 6) is -0.850. The Bertz CT molecular complexity index is 2270. The van der Waals surface area contributed by atoms with Crippen LogP contribution in [0.25, 0.3) is 0 Å². The van der Waals surface area contributed by atoms with E-state index in [1.165, 1.54) is 24.3 Å². The van der Waals surface area contributed by atoms with Crippen molar-refractivity contribution in [2.75, 3.05) is 97.8 Å². The van der Waals surface area contributed by atoms with E-state index in [2.05, 4.69) is 9.48 Å². The zero-order valence-corrected chi connectivity index (χ0v) is 39.9. The second-order valence-corrected chi connectivity index (χ2v) is 19.0. The van der Waals surface area contributed by atoms with Crippen LogP contribution in [-0.4, -0.2) is 140 Å². The maximum Gasteiger partial charge on any atom is 0.303 e. The number of carboxylic acid groups (broad SMARTS) is 1. The third-order valence-corrected chi connectivity index (χ3v) is 13.0. The summed E-state index contributed by atoms with van der Waals surface area (Å²) in [5, 5.41) is 9.17. The van der Waals surface area contributed by atoms with Gasteiger partial charge in [0.05, 0.1) is 81.3 Å². The molecule has 2 heterocycles. The lowest BCUT2D eigenvalue weighted by atomic mass is 9.78. The number of benzene rings is 2. The first-order valence-electron chi connectivity index (χ1n) is 21.9. The predicted octanol–water partition coefficient (Wildman–Crippen LogP) is 6.33. The SMILES string of the molecule is CC[N+]1=C(C=CC=CC=CC=C2N(CCCCCC(=O)O)c3ccc(S(=O)(=O)O)cc3C2(C)CCOCCOCCOCCOCCOCCOC)C(C)(C)c2cc(S(=O)(=O)[O-])ccc21. The lowest BCUT2D eigenvalue weighted by molar-refractivity contribution is -0.433. The quantitative estimate of drug-likeness (QED) is 0.0366. The van der Waals surface area contributed by atoms with Crippen molar-refractivity contribution in [2.45, 2.75) is 80.4 Å². The van der Waals surface area contributed by atoms with E-state index in [4.69, 9.17) is 28.4 Å². The van der Waals surface area contributed by atoms with Gasteiger partial charge in [-0.3, -0.25) is 9.35 Å². The molecule has 2 aliphatic rings. The van der Waals surface area contributed by atoms with Gasteiger partial charge in [0.1, 0.15) is 16.7 Å². The van der Waals surface area contributed by atoms with Gasteiger partial charge in [0.25, 0.3) is 10.1 Å². The largest absolute Gasteiger partial charge is 0.744 e. The summed E-state index contributed by atoms with van der Waals surface area (Å²) < 4.78 is 105. The molecule has 1 unspecified atom stereocenters. The molecular weight excluding hydrogens is 881 g/mol. The van der Waals surface area contributed by atoms with E-state index in [0.717, 1.165) is 28.3 Å². The number of hydrogen-bond acceptors (Lipinski definition) is 13. The number of nitrogens with zero attached hydrogens (tertiary/aromatic N) is 2. The lowest BCUT2D eigenvalue weighted by Gasteiger charge is -2.30. The number of carbonyl (C=O) groups is 1. The normalized spacial score (nSPS) is 18.0. The van der Waals surface area contributed by atoms with Crippen molar-refractivity contribution < 1.29 is 68.8 Å². The Hall–Kier alpha value is -4.08. The van der Waals surface area contributed by atoms with Gasteiger partial charge in [-0.2, -0.15) is 13.0 Å². The number of allylic oxidation sites excluding steroid dienone is 8. The highest BCUT2D eigenvalue weighted by Gasteiger charge is 2.45. The number of carboxylic acids is 1. The Morgan fingerprint density at radius 2 is 1.29 bits per heavy atom. The molecule has 0 spiro atoms. The molecule has 18 heteroatoms. The molecule has 0 bridgehead atoms. The molecule has 65 heavy (non-hydrogen) atoms. The van der Waals surface area contributed by atoms with E-state index < -0.39 is 37.0 Å². The van der Waals surface area contributed by atoms with Crippen molar-refractivity contribution in [3.63, 3.8) is 0 Å². The van der Waals surface area contributed by atoms with E-state index in [0.29, 0.717) is 117 Å². The molecule has 2 N–H and O–H groups in total. The number of fused-ring (bicyclic) bond motifs is 2. The van der Waals surface area contributed by atoms with Crippen LogP contribution in [-0.2, 0) is 64.3 Å². The molecule has 0 saturated heterocycles. The predicted molar refractivity (Wildman–Crippen MR) is 246 cm³/mol. The third-order valence-electron chi connectivity index (χ3n) is 11.4. The van der Waals surface area contributed by atoms with Crippen LogP contribution in [0.5, 0.6) is 0 Å². The fraction of sp³-hybridized carbons (Fsp3) is 0.532. The Balaban J connectivity index is 1.44. The maximum atomic E-state index is 12.3. The molecule has 0 fully saturated rings. The Morgan fingerprint density at radius 3 is 1.86 bits per heavy atom. The summed E-state index contributed by atoms with van der Waals surface area (Å²) in [6.07, 6.45) is 15.8. The molecule has 2 aliphatic heterocycles. The van der Waals surface area contributed by atoms with Crippen LogP contribution in [0, 0.1) is 0 Å². The highest BCUT2D eigenvalue weighted by molar-refractivity contribution is 7.86. The van der Waals surface area contributed by atoms with Crippen LogP contribution in [0.15, 0.2) is 94.4 Å². The monoisotopic (exact) mass is 946 g/mol. The van der Waals surface area contributed by atoms with Crippen LogP contribution in [0.1, 0.15) is 70.9 Å². The minimum absolute atomic E-state index is 0.0701. The summed E-state index contributed by atoms with van der Waals surface area (Å²) in [4.78, 5) is 12.8. The number of anilines is 1. The van der Waals surface area contributed by atoms with Gasteiger partial charge < -0.3 is 43.0 Å². The molecule has 4 rings (SSSR count). The first kappa shape index (κ1) is 53.5. The standard InChI is InChI=1S/C47H66N2O14S2/c1-6-48-41-20-18-37(64(52,53)54)35-39(41)46(2,3)43(48)15-11-8-7-9-12-16-44-47(4,22-24-59-27-28-61-31-32-63-34-33-62-30-29-60-26-25-58-5)40-36-38(65(55,56)57)19-21-42(40)49(44)23-14-10-13-17-45(50)51/h7-9,11-12,15-16,18-21,35-36H,6,10,13-14,17,22-34H2,1-5H3,(H2-,50,51,52,53,54,55,56,57).